The number of fused-ring (bicyclic) bond motifs is 3. The van der Waals surface area contributed by atoms with Gasteiger partial charge in [0, 0.05) is 12.6 Å². The third kappa shape index (κ3) is 2.78. The van der Waals surface area contributed by atoms with Crippen LogP contribution in [0.2, 0.25) is 0 Å². The fourth-order valence-electron chi connectivity index (χ4n) is 3.08. The average Bonchev–Trinajstić information content (AvgIpc) is 2.92. The van der Waals surface area contributed by atoms with E-state index in [4.69, 9.17) is 4.74 Å². The second-order valence-corrected chi connectivity index (χ2v) is 6.52. The van der Waals surface area contributed by atoms with E-state index in [0.717, 1.165) is 27.9 Å². The minimum atomic E-state index is 0.411. The summed E-state index contributed by atoms with van der Waals surface area (Å²) in [6.45, 7) is 5.06. The number of nitrogens with zero attached hydrogens (tertiary/aromatic N) is 3. The molecule has 0 unspecified atom stereocenters. The molecule has 0 saturated carbocycles. The highest BCUT2D eigenvalue weighted by atomic mass is 16.5. The van der Waals surface area contributed by atoms with Gasteiger partial charge in [-0.2, -0.15) is 9.71 Å². The molecule has 126 valence electrons. The number of benzene rings is 2. The molecule has 0 fully saturated rings. The largest absolute Gasteiger partial charge is 0.618 e. The van der Waals surface area contributed by atoms with Gasteiger partial charge in [0.2, 0.25) is 11.7 Å². The number of rotatable bonds is 4. The maximum absolute atomic E-state index is 12.3. The standard InChI is InChI=1S/C20H19N3O2/c1-14(2)12-22-19-16-10-6-7-11-18(16)23(24)13-17(19)21-20(22)25-15-8-4-3-5-9-15/h3-11,13-14H,12H2,1-2H3. The average molecular weight is 333 g/mol. The van der Waals surface area contributed by atoms with Gasteiger partial charge in [0.15, 0.2) is 5.52 Å². The summed E-state index contributed by atoms with van der Waals surface area (Å²) in [5.74, 6) is 1.14. The first-order valence-corrected chi connectivity index (χ1v) is 8.37. The van der Waals surface area contributed by atoms with Crippen molar-refractivity contribution in [3.63, 3.8) is 0 Å². The third-order valence-corrected chi connectivity index (χ3v) is 4.10. The summed E-state index contributed by atoms with van der Waals surface area (Å²) >= 11 is 0. The number of aromatic nitrogens is 3. The molecule has 0 amide bonds. The van der Waals surface area contributed by atoms with Gasteiger partial charge in [-0.25, -0.2) is 0 Å². The Labute approximate surface area is 145 Å². The summed E-state index contributed by atoms with van der Waals surface area (Å²) < 4.78 is 8.96. The molecular weight excluding hydrogens is 314 g/mol. The Morgan fingerprint density at radius 3 is 2.56 bits per heavy atom. The van der Waals surface area contributed by atoms with Crippen molar-refractivity contribution in [1.29, 1.82) is 0 Å². The molecule has 2 aromatic carbocycles. The van der Waals surface area contributed by atoms with Crippen LogP contribution < -0.4 is 9.47 Å². The van der Waals surface area contributed by atoms with Crippen molar-refractivity contribution < 1.29 is 9.47 Å². The summed E-state index contributed by atoms with van der Waals surface area (Å²) in [5.41, 5.74) is 2.20. The van der Waals surface area contributed by atoms with Gasteiger partial charge in [0.1, 0.15) is 5.75 Å². The Kier molecular flexibility index (Phi) is 3.76. The van der Waals surface area contributed by atoms with Gasteiger partial charge >= 0.3 is 6.01 Å². The molecule has 0 saturated heterocycles. The second-order valence-electron chi connectivity index (χ2n) is 6.52. The number of hydrogen-bond acceptors (Lipinski definition) is 3. The molecule has 0 atom stereocenters. The van der Waals surface area contributed by atoms with Crippen LogP contribution in [-0.4, -0.2) is 9.55 Å². The number of pyridine rings is 1. The Balaban J connectivity index is 1.97. The fourth-order valence-corrected chi connectivity index (χ4v) is 3.08. The van der Waals surface area contributed by atoms with Gasteiger partial charge in [-0.1, -0.05) is 44.2 Å². The van der Waals surface area contributed by atoms with Gasteiger partial charge in [0.25, 0.3) is 0 Å². The summed E-state index contributed by atoms with van der Waals surface area (Å²) in [5, 5.41) is 13.2. The van der Waals surface area contributed by atoms with Crippen LogP contribution in [0.5, 0.6) is 11.8 Å². The highest BCUT2D eigenvalue weighted by Gasteiger charge is 2.20. The van der Waals surface area contributed by atoms with Gasteiger partial charge in [0.05, 0.1) is 10.9 Å². The molecule has 4 aromatic rings. The van der Waals surface area contributed by atoms with E-state index in [9.17, 15) is 5.21 Å². The zero-order valence-electron chi connectivity index (χ0n) is 14.2. The summed E-state index contributed by atoms with van der Waals surface area (Å²) in [7, 11) is 0. The molecule has 25 heavy (non-hydrogen) atoms. The van der Waals surface area contributed by atoms with Crippen molar-refractivity contribution in [3.8, 4) is 11.8 Å². The van der Waals surface area contributed by atoms with E-state index < -0.39 is 0 Å². The van der Waals surface area contributed by atoms with Crippen LogP contribution in [0.15, 0.2) is 60.8 Å². The van der Waals surface area contributed by atoms with Crippen molar-refractivity contribution in [2.75, 3.05) is 0 Å². The van der Waals surface area contributed by atoms with Crippen molar-refractivity contribution >= 4 is 21.9 Å². The second kappa shape index (κ2) is 6.09. The van der Waals surface area contributed by atoms with E-state index in [1.54, 1.807) is 0 Å². The van der Waals surface area contributed by atoms with Crippen LogP contribution in [-0.2, 0) is 6.54 Å². The van der Waals surface area contributed by atoms with Crippen LogP contribution >= 0.6 is 0 Å². The molecule has 2 heterocycles. The molecule has 0 aliphatic heterocycles. The number of hydrogen-bond donors (Lipinski definition) is 0. The first kappa shape index (κ1) is 15.4. The SMILES string of the molecule is CC(C)Cn1c(Oc2ccccc2)nc2c[n+]([O-])c3ccccc3c21. The van der Waals surface area contributed by atoms with Crippen molar-refractivity contribution in [3.05, 3.63) is 66.0 Å². The lowest BCUT2D eigenvalue weighted by atomic mass is 10.1. The predicted molar refractivity (Wildman–Crippen MR) is 97.6 cm³/mol. The maximum atomic E-state index is 12.3. The molecule has 0 bridgehead atoms. The van der Waals surface area contributed by atoms with Crippen LogP contribution in [0.1, 0.15) is 13.8 Å². The maximum Gasteiger partial charge on any atom is 0.303 e. The summed E-state index contributed by atoms with van der Waals surface area (Å²) in [4.78, 5) is 4.59. The van der Waals surface area contributed by atoms with Crippen molar-refractivity contribution in [1.82, 2.24) is 9.55 Å². The monoisotopic (exact) mass is 333 g/mol. The fraction of sp³-hybridized carbons (Fsp3) is 0.200. The van der Waals surface area contributed by atoms with Gasteiger partial charge in [-0.05, 0) is 24.1 Å². The normalized spacial score (nSPS) is 11.5. The van der Waals surface area contributed by atoms with E-state index in [-0.39, 0.29) is 0 Å². The molecule has 5 heteroatoms. The third-order valence-electron chi connectivity index (χ3n) is 4.10. The molecule has 4 rings (SSSR count). The first-order valence-electron chi connectivity index (χ1n) is 8.37. The van der Waals surface area contributed by atoms with Crippen LogP contribution in [0.25, 0.3) is 21.9 Å². The minimum Gasteiger partial charge on any atom is -0.618 e. The summed E-state index contributed by atoms with van der Waals surface area (Å²) in [6.07, 6.45) is 1.52. The van der Waals surface area contributed by atoms with Crippen LogP contribution in [0, 0.1) is 11.1 Å². The number of ether oxygens (including phenoxy) is 1. The Hall–Kier alpha value is -3.08. The van der Waals surface area contributed by atoms with Crippen LogP contribution in [0.3, 0.4) is 0 Å². The Morgan fingerprint density at radius 1 is 1.08 bits per heavy atom. The minimum absolute atomic E-state index is 0.411. The first-order chi connectivity index (χ1) is 12.1. The Bertz CT molecular complexity index is 1040. The highest BCUT2D eigenvalue weighted by Crippen LogP contribution is 2.30. The van der Waals surface area contributed by atoms with Crippen molar-refractivity contribution in [2.24, 2.45) is 5.92 Å². The lowest BCUT2D eigenvalue weighted by molar-refractivity contribution is -0.575. The quantitative estimate of drug-likeness (QED) is 0.414. The van der Waals surface area contributed by atoms with E-state index in [2.05, 4.69) is 23.4 Å². The number of para-hydroxylation sites is 2. The van der Waals surface area contributed by atoms with Crippen molar-refractivity contribution in [2.45, 2.75) is 20.4 Å². The van der Waals surface area contributed by atoms with Crippen LogP contribution in [0.4, 0.5) is 0 Å². The molecule has 5 nitrogen and oxygen atoms in total. The highest BCUT2D eigenvalue weighted by molar-refractivity contribution is 6.00. The zero-order valence-corrected chi connectivity index (χ0v) is 14.2. The predicted octanol–water partition coefficient (Wildman–Crippen LogP) is 4.27. The molecular formula is C20H19N3O2. The van der Waals surface area contributed by atoms with E-state index in [1.807, 2.05) is 54.6 Å². The lowest BCUT2D eigenvalue weighted by Gasteiger charge is -2.12. The topological polar surface area (TPSA) is 54.0 Å². The zero-order chi connectivity index (χ0) is 17.4. The van der Waals surface area contributed by atoms with Gasteiger partial charge in [-0.3, -0.25) is 4.57 Å². The van der Waals surface area contributed by atoms with Gasteiger partial charge < -0.3 is 9.94 Å². The van der Waals surface area contributed by atoms with E-state index in [1.165, 1.54) is 6.20 Å². The summed E-state index contributed by atoms with van der Waals surface area (Å²) in [6, 6.07) is 17.7. The smallest absolute Gasteiger partial charge is 0.303 e. The van der Waals surface area contributed by atoms with Gasteiger partial charge in [-0.15, -0.1) is 0 Å². The lowest BCUT2D eigenvalue weighted by Crippen LogP contribution is -2.26. The van der Waals surface area contributed by atoms with E-state index in [0.29, 0.717) is 23.0 Å². The molecule has 0 N–H and O–H groups in total. The molecule has 0 aliphatic carbocycles. The van der Waals surface area contributed by atoms with E-state index >= 15 is 0 Å². The molecule has 0 radical (unpaired) electrons. The molecule has 0 spiro atoms. The Morgan fingerprint density at radius 2 is 1.80 bits per heavy atom. The molecule has 2 aromatic heterocycles. The molecule has 0 aliphatic rings. The number of imidazole rings is 1.